The van der Waals surface area contributed by atoms with Gasteiger partial charge in [-0.05, 0) is 78.0 Å². The molecule has 2 aromatic rings. The van der Waals surface area contributed by atoms with E-state index in [4.69, 9.17) is 4.74 Å². The molecule has 11 heteroatoms. The zero-order valence-electron chi connectivity index (χ0n) is 19.9. The van der Waals surface area contributed by atoms with Crippen LogP contribution >= 0.6 is 27.3 Å². The lowest BCUT2D eigenvalue weighted by atomic mass is 10.1. The third-order valence-electron chi connectivity index (χ3n) is 5.61. The van der Waals surface area contributed by atoms with Crippen molar-refractivity contribution in [2.45, 2.75) is 38.6 Å². The number of carbonyl (C=O) groups excluding carboxylic acids is 4. The van der Waals surface area contributed by atoms with Gasteiger partial charge in [0.2, 0.25) is 11.8 Å². The quantitative estimate of drug-likeness (QED) is 0.503. The number of likely N-dealkylation sites (tertiary alicyclic amines) is 1. The third-order valence-corrected chi connectivity index (χ3v) is 7.12. The van der Waals surface area contributed by atoms with E-state index in [1.807, 2.05) is 11.8 Å². The molecule has 2 N–H and O–H groups in total. The Labute approximate surface area is 216 Å². The van der Waals surface area contributed by atoms with Crippen molar-refractivity contribution in [2.24, 2.45) is 0 Å². The van der Waals surface area contributed by atoms with Crippen molar-refractivity contribution in [1.82, 2.24) is 15.1 Å². The number of benzene rings is 1. The normalized spacial score (nSPS) is 13.8. The molecule has 1 fully saturated rings. The second-order valence-electron chi connectivity index (χ2n) is 8.49. The summed E-state index contributed by atoms with van der Waals surface area (Å²) >= 11 is 4.53. The number of hydrogen-bond acceptors (Lipinski definition) is 6. The van der Waals surface area contributed by atoms with Crippen molar-refractivity contribution < 1.29 is 23.9 Å². The van der Waals surface area contributed by atoms with E-state index in [2.05, 4.69) is 26.6 Å². The maximum absolute atomic E-state index is 13.0. The SMILES string of the molecule is Cc1cc(NC(=O)C(CCC(=O)N(C)C)NC(=O)Oc2ccc(Br)s2)ccc1C(=O)N1CCCC1. The van der Waals surface area contributed by atoms with Gasteiger partial charge >= 0.3 is 6.09 Å². The Morgan fingerprint density at radius 1 is 1.14 bits per heavy atom. The molecule has 188 valence electrons. The molecular formula is C24H29BrN4O5S. The highest BCUT2D eigenvalue weighted by molar-refractivity contribution is 9.11. The predicted molar refractivity (Wildman–Crippen MR) is 138 cm³/mol. The van der Waals surface area contributed by atoms with Crippen molar-refractivity contribution in [1.29, 1.82) is 0 Å². The molecule has 1 atom stereocenters. The predicted octanol–water partition coefficient (Wildman–Crippen LogP) is 4.02. The topological polar surface area (TPSA) is 108 Å². The van der Waals surface area contributed by atoms with E-state index < -0.39 is 18.0 Å². The van der Waals surface area contributed by atoms with Crippen molar-refractivity contribution in [2.75, 3.05) is 32.5 Å². The maximum Gasteiger partial charge on any atom is 0.414 e. The average molecular weight is 565 g/mol. The minimum atomic E-state index is -0.999. The summed E-state index contributed by atoms with van der Waals surface area (Å²) in [6.45, 7) is 3.34. The van der Waals surface area contributed by atoms with Gasteiger partial charge in [0.05, 0.1) is 3.79 Å². The minimum Gasteiger partial charge on any atom is -0.399 e. The largest absolute Gasteiger partial charge is 0.414 e. The Bertz CT molecular complexity index is 1100. The summed E-state index contributed by atoms with van der Waals surface area (Å²) in [4.78, 5) is 53.5. The van der Waals surface area contributed by atoms with Gasteiger partial charge in [-0.2, -0.15) is 0 Å². The molecule has 1 aromatic carbocycles. The molecule has 0 aliphatic carbocycles. The number of halogens is 1. The molecule has 3 rings (SSSR count). The van der Waals surface area contributed by atoms with Gasteiger partial charge in [-0.25, -0.2) is 4.79 Å². The van der Waals surface area contributed by atoms with Gasteiger partial charge in [0.1, 0.15) is 6.04 Å². The highest BCUT2D eigenvalue weighted by Gasteiger charge is 2.25. The van der Waals surface area contributed by atoms with Crippen LogP contribution in [0.25, 0.3) is 0 Å². The monoisotopic (exact) mass is 564 g/mol. The second-order valence-corrected chi connectivity index (χ2v) is 10.9. The fourth-order valence-electron chi connectivity index (χ4n) is 3.68. The molecule has 1 aliphatic heterocycles. The van der Waals surface area contributed by atoms with Crippen LogP contribution in [0.4, 0.5) is 10.5 Å². The van der Waals surface area contributed by atoms with Crippen molar-refractivity contribution >= 4 is 56.8 Å². The molecular weight excluding hydrogens is 536 g/mol. The van der Waals surface area contributed by atoms with Crippen LogP contribution in [0.15, 0.2) is 34.1 Å². The molecule has 9 nitrogen and oxygen atoms in total. The maximum atomic E-state index is 13.0. The molecule has 1 aromatic heterocycles. The molecule has 35 heavy (non-hydrogen) atoms. The second kappa shape index (κ2) is 12.2. The average Bonchev–Trinajstić information content (AvgIpc) is 3.48. The molecule has 1 aliphatic rings. The van der Waals surface area contributed by atoms with E-state index in [0.29, 0.717) is 16.3 Å². The summed E-state index contributed by atoms with van der Waals surface area (Å²) in [5.74, 6) is -0.665. The number of rotatable bonds is 8. The third kappa shape index (κ3) is 7.53. The zero-order chi connectivity index (χ0) is 25.5. The lowest BCUT2D eigenvalue weighted by molar-refractivity contribution is -0.129. The van der Waals surface area contributed by atoms with Crippen LogP contribution in [0.3, 0.4) is 0 Å². The lowest BCUT2D eigenvalue weighted by Crippen LogP contribution is -2.45. The standard InChI is InChI=1S/C24H29BrN4O5S/c1-15-14-16(6-7-17(15)23(32)29-12-4-5-13-29)26-22(31)18(8-10-20(30)28(2)3)27-24(33)34-21-11-9-19(25)35-21/h6-7,9,11,14,18H,4-5,8,10,12-13H2,1-3H3,(H,26,31)(H,27,33). The first-order chi connectivity index (χ1) is 16.6. The fourth-order valence-corrected chi connectivity index (χ4v) is 4.87. The van der Waals surface area contributed by atoms with Crippen LogP contribution in [0.5, 0.6) is 5.06 Å². The van der Waals surface area contributed by atoms with E-state index in [0.717, 1.165) is 35.3 Å². The van der Waals surface area contributed by atoms with Crippen molar-refractivity contribution in [3.63, 3.8) is 0 Å². The molecule has 0 bridgehead atoms. The Kier molecular flexibility index (Phi) is 9.27. The number of amides is 4. The summed E-state index contributed by atoms with van der Waals surface area (Å²) in [6, 6.07) is 7.47. The summed E-state index contributed by atoms with van der Waals surface area (Å²) in [5.41, 5.74) is 1.84. The van der Waals surface area contributed by atoms with Crippen LogP contribution in [0.2, 0.25) is 0 Å². The zero-order valence-corrected chi connectivity index (χ0v) is 22.3. The van der Waals surface area contributed by atoms with Crippen LogP contribution in [0.1, 0.15) is 41.6 Å². The number of nitrogens with one attached hydrogen (secondary N) is 2. The van der Waals surface area contributed by atoms with Crippen LogP contribution < -0.4 is 15.4 Å². The summed E-state index contributed by atoms with van der Waals surface area (Å²) in [5, 5.41) is 5.71. The Hall–Kier alpha value is -2.92. The molecule has 1 saturated heterocycles. The highest BCUT2D eigenvalue weighted by Crippen LogP contribution is 2.28. The van der Waals surface area contributed by atoms with Gasteiger partial charge < -0.3 is 25.2 Å². The number of carbonyl (C=O) groups is 4. The lowest BCUT2D eigenvalue weighted by Gasteiger charge is -2.20. The Morgan fingerprint density at radius 3 is 2.46 bits per heavy atom. The first-order valence-corrected chi connectivity index (χ1v) is 12.9. The molecule has 0 radical (unpaired) electrons. The first-order valence-electron chi connectivity index (χ1n) is 11.3. The van der Waals surface area contributed by atoms with Gasteiger partial charge in [-0.15, -0.1) is 0 Å². The Balaban J connectivity index is 1.68. The van der Waals surface area contributed by atoms with E-state index >= 15 is 0 Å². The smallest absolute Gasteiger partial charge is 0.399 e. The molecule has 0 saturated carbocycles. The number of ether oxygens (including phenoxy) is 1. The Morgan fingerprint density at radius 2 is 1.86 bits per heavy atom. The summed E-state index contributed by atoms with van der Waals surface area (Å²) < 4.78 is 6.05. The van der Waals surface area contributed by atoms with E-state index in [1.54, 1.807) is 44.4 Å². The molecule has 2 heterocycles. The fraction of sp³-hybridized carbons (Fsp3) is 0.417. The number of aryl methyl sites for hydroxylation is 1. The van der Waals surface area contributed by atoms with E-state index in [-0.39, 0.29) is 24.7 Å². The minimum absolute atomic E-state index is 0.0115. The van der Waals surface area contributed by atoms with Gasteiger partial charge in [-0.3, -0.25) is 14.4 Å². The first kappa shape index (κ1) is 26.7. The number of hydrogen-bond donors (Lipinski definition) is 2. The van der Waals surface area contributed by atoms with Gasteiger partial charge in [0.15, 0.2) is 5.06 Å². The van der Waals surface area contributed by atoms with Crippen LogP contribution in [-0.4, -0.2) is 66.8 Å². The van der Waals surface area contributed by atoms with Crippen LogP contribution in [0, 0.1) is 6.92 Å². The number of anilines is 1. The van der Waals surface area contributed by atoms with Crippen molar-refractivity contribution in [3.8, 4) is 5.06 Å². The summed E-state index contributed by atoms with van der Waals surface area (Å²) in [7, 11) is 3.25. The molecule has 4 amide bonds. The molecule has 0 spiro atoms. The van der Waals surface area contributed by atoms with Gasteiger partial charge in [-0.1, -0.05) is 11.3 Å². The molecule has 1 unspecified atom stereocenters. The highest BCUT2D eigenvalue weighted by atomic mass is 79.9. The van der Waals surface area contributed by atoms with Gasteiger partial charge in [0, 0.05) is 44.9 Å². The summed E-state index contributed by atoms with van der Waals surface area (Å²) in [6.07, 6.45) is 1.39. The van der Waals surface area contributed by atoms with Crippen LogP contribution in [-0.2, 0) is 9.59 Å². The van der Waals surface area contributed by atoms with Crippen molar-refractivity contribution in [3.05, 3.63) is 45.2 Å². The number of thiophene rings is 1. The van der Waals surface area contributed by atoms with E-state index in [9.17, 15) is 19.2 Å². The van der Waals surface area contributed by atoms with E-state index in [1.165, 1.54) is 16.2 Å². The van der Waals surface area contributed by atoms with Gasteiger partial charge in [0.25, 0.3) is 5.91 Å². The number of nitrogens with zero attached hydrogens (tertiary/aromatic N) is 2.